The van der Waals surface area contributed by atoms with E-state index in [0.29, 0.717) is 43.4 Å². The highest BCUT2D eigenvalue weighted by atomic mass is 32.2. The summed E-state index contributed by atoms with van der Waals surface area (Å²) in [6.45, 7) is 1.06. The minimum atomic E-state index is -3.08. The summed E-state index contributed by atoms with van der Waals surface area (Å²) < 4.78 is 59.4. The van der Waals surface area contributed by atoms with Crippen molar-refractivity contribution in [3.05, 3.63) is 30.7 Å². The Labute approximate surface area is 189 Å². The number of carbonyl (C=O) groups excluding carboxylic acids is 1. The van der Waals surface area contributed by atoms with Gasteiger partial charge in [-0.3, -0.25) is 4.79 Å². The third-order valence-electron chi connectivity index (χ3n) is 5.29. The number of amides is 1. The summed E-state index contributed by atoms with van der Waals surface area (Å²) in [5.41, 5.74) is 0.511. The molecule has 0 radical (unpaired) electrons. The number of anilines is 2. The number of aromatic nitrogens is 3. The number of alkyl halides is 2. The Hall–Kier alpha value is -3.09. The molecule has 0 bridgehead atoms. The number of rotatable bonds is 8. The largest absolute Gasteiger partial charge is 0.479 e. The highest BCUT2D eigenvalue weighted by molar-refractivity contribution is 7.91. The van der Waals surface area contributed by atoms with Gasteiger partial charge in [-0.05, 0) is 6.07 Å². The number of sulfone groups is 1. The molecule has 0 spiro atoms. The fraction of sp³-hybridized carbons (Fsp3) is 0.500. The molecule has 33 heavy (non-hydrogen) atoms. The van der Waals surface area contributed by atoms with Crippen LogP contribution < -0.4 is 19.3 Å². The first kappa shape index (κ1) is 23.1. The Morgan fingerprint density at radius 3 is 2.42 bits per heavy atom. The van der Waals surface area contributed by atoms with Gasteiger partial charge >= 0.3 is 0 Å². The summed E-state index contributed by atoms with van der Waals surface area (Å²) in [6, 6.07) is 2.90. The van der Waals surface area contributed by atoms with Gasteiger partial charge in [-0.2, -0.15) is 0 Å². The number of hydrogen-bond acceptors (Lipinski definition) is 9. The number of hydrogen-bond donors (Lipinski definition) is 0. The molecule has 0 saturated carbocycles. The van der Waals surface area contributed by atoms with Crippen LogP contribution in [-0.2, 0) is 14.6 Å². The maximum absolute atomic E-state index is 12.9. The highest BCUT2D eigenvalue weighted by Crippen LogP contribution is 2.27. The topological polar surface area (TPSA) is 115 Å². The Bertz CT molecular complexity index is 1100. The number of ether oxygens (including phenoxy) is 2. The molecule has 10 nitrogen and oxygen atoms in total. The normalized spacial score (nSPS) is 19.5. The van der Waals surface area contributed by atoms with E-state index in [9.17, 15) is 22.0 Å². The van der Waals surface area contributed by atoms with Gasteiger partial charge in [0.1, 0.15) is 5.75 Å². The number of halogens is 2. The smallest absolute Gasteiger partial charge is 0.278 e. The summed E-state index contributed by atoms with van der Waals surface area (Å²) in [7, 11) is -3.08. The van der Waals surface area contributed by atoms with Gasteiger partial charge in [0.15, 0.2) is 22.5 Å². The molecule has 1 amide bonds. The summed E-state index contributed by atoms with van der Waals surface area (Å²) in [5, 5.41) is -0.415. The van der Waals surface area contributed by atoms with Crippen LogP contribution in [0.3, 0.4) is 0 Å². The molecular weight excluding hydrogens is 460 g/mol. The van der Waals surface area contributed by atoms with Crippen molar-refractivity contribution in [2.24, 2.45) is 0 Å². The van der Waals surface area contributed by atoms with Crippen LogP contribution in [0.5, 0.6) is 11.6 Å². The lowest BCUT2D eigenvalue weighted by atomic mass is 10.2. The van der Waals surface area contributed by atoms with E-state index in [2.05, 4.69) is 15.0 Å². The Morgan fingerprint density at radius 1 is 1.15 bits per heavy atom. The van der Waals surface area contributed by atoms with Gasteiger partial charge in [0.25, 0.3) is 11.8 Å². The van der Waals surface area contributed by atoms with Crippen molar-refractivity contribution in [3.8, 4) is 11.6 Å². The van der Waals surface area contributed by atoms with Gasteiger partial charge in [0.2, 0.25) is 11.8 Å². The van der Waals surface area contributed by atoms with Gasteiger partial charge in [0, 0.05) is 45.3 Å². The van der Waals surface area contributed by atoms with Crippen LogP contribution in [0.4, 0.5) is 20.4 Å². The lowest BCUT2D eigenvalue weighted by Gasteiger charge is -2.37. The zero-order chi connectivity index (χ0) is 23.8. The quantitative estimate of drug-likeness (QED) is 0.548. The SMILES string of the molecule is CC(F)(F)COc1ccc(O[C@@H]2CCN(c3cnc(N4CC(S(C)(=O)=O)C4)nc3)C2=O)cn1. The van der Waals surface area contributed by atoms with Crippen molar-refractivity contribution in [2.75, 3.05) is 42.3 Å². The standard InChI is InChI=1S/C20H23F2N5O5S/c1-20(21,22)12-31-17-4-3-14(9-23-17)32-16-5-6-27(18(16)28)13-7-24-19(25-8-13)26-10-15(11-26)33(2,29)30/h3-4,7-9,15-16H,5-6,10-12H2,1-2H3/t16-/m1/s1. The van der Waals surface area contributed by atoms with E-state index >= 15 is 0 Å². The van der Waals surface area contributed by atoms with Gasteiger partial charge in [0.05, 0.1) is 29.5 Å². The molecule has 4 rings (SSSR count). The minimum Gasteiger partial charge on any atom is -0.479 e. The molecule has 2 aromatic rings. The van der Waals surface area contributed by atoms with E-state index in [4.69, 9.17) is 9.47 Å². The van der Waals surface area contributed by atoms with Crippen LogP contribution in [-0.4, -0.2) is 79.1 Å². The first-order valence-electron chi connectivity index (χ1n) is 10.2. The van der Waals surface area contributed by atoms with Crippen molar-refractivity contribution >= 4 is 27.4 Å². The van der Waals surface area contributed by atoms with Crippen molar-refractivity contribution in [1.82, 2.24) is 15.0 Å². The molecule has 178 valence electrons. The highest BCUT2D eigenvalue weighted by Gasteiger charge is 2.37. The van der Waals surface area contributed by atoms with Crippen LogP contribution in [0.2, 0.25) is 0 Å². The molecule has 2 aliphatic heterocycles. The molecule has 0 aliphatic carbocycles. The van der Waals surface area contributed by atoms with Gasteiger partial charge in [-0.25, -0.2) is 32.2 Å². The summed E-state index contributed by atoms with van der Waals surface area (Å²) in [6.07, 6.45) is 5.27. The number of pyridine rings is 1. The third-order valence-corrected chi connectivity index (χ3v) is 6.80. The first-order chi connectivity index (χ1) is 15.5. The van der Waals surface area contributed by atoms with Crippen LogP contribution in [0.25, 0.3) is 0 Å². The van der Waals surface area contributed by atoms with Crippen molar-refractivity contribution in [1.29, 1.82) is 0 Å². The van der Waals surface area contributed by atoms with Crippen molar-refractivity contribution in [3.63, 3.8) is 0 Å². The number of nitrogens with zero attached hydrogens (tertiary/aromatic N) is 5. The van der Waals surface area contributed by atoms with Crippen LogP contribution in [0.15, 0.2) is 30.7 Å². The Balaban J connectivity index is 1.32. The van der Waals surface area contributed by atoms with Crippen LogP contribution >= 0.6 is 0 Å². The van der Waals surface area contributed by atoms with Gasteiger partial charge < -0.3 is 19.3 Å². The molecule has 2 fully saturated rings. The summed E-state index contributed by atoms with van der Waals surface area (Å²) in [5.74, 6) is -2.47. The van der Waals surface area contributed by atoms with E-state index in [1.807, 2.05) is 0 Å². The fourth-order valence-corrected chi connectivity index (χ4v) is 4.30. The van der Waals surface area contributed by atoms with E-state index in [1.54, 1.807) is 4.90 Å². The van der Waals surface area contributed by atoms with Gasteiger partial charge in [-0.1, -0.05) is 0 Å². The molecule has 2 saturated heterocycles. The summed E-state index contributed by atoms with van der Waals surface area (Å²) in [4.78, 5) is 28.5. The van der Waals surface area contributed by atoms with Crippen molar-refractivity contribution in [2.45, 2.75) is 30.6 Å². The van der Waals surface area contributed by atoms with Crippen LogP contribution in [0, 0.1) is 0 Å². The first-order valence-corrected chi connectivity index (χ1v) is 12.2. The molecule has 1 atom stereocenters. The molecule has 13 heteroatoms. The molecular formula is C20H23F2N5O5S. The molecule has 0 unspecified atom stereocenters. The monoisotopic (exact) mass is 483 g/mol. The fourth-order valence-electron chi connectivity index (χ4n) is 3.40. The lowest BCUT2D eigenvalue weighted by molar-refractivity contribution is -0.122. The van der Waals surface area contributed by atoms with E-state index < -0.39 is 33.7 Å². The average molecular weight is 483 g/mol. The molecule has 4 heterocycles. The predicted octanol–water partition coefficient (Wildman–Crippen LogP) is 1.32. The Kier molecular flexibility index (Phi) is 6.08. The maximum Gasteiger partial charge on any atom is 0.278 e. The lowest BCUT2D eigenvalue weighted by Crippen LogP contribution is -2.55. The number of carbonyl (C=O) groups is 1. The Morgan fingerprint density at radius 2 is 1.85 bits per heavy atom. The van der Waals surface area contributed by atoms with E-state index in [1.165, 1.54) is 41.9 Å². The second-order valence-electron chi connectivity index (χ2n) is 8.17. The second-order valence-corrected chi connectivity index (χ2v) is 10.5. The predicted molar refractivity (Wildman–Crippen MR) is 115 cm³/mol. The second kappa shape index (κ2) is 8.69. The molecule has 2 aromatic heterocycles. The molecule has 0 N–H and O–H groups in total. The summed E-state index contributed by atoms with van der Waals surface area (Å²) >= 11 is 0. The van der Waals surface area contributed by atoms with Crippen LogP contribution in [0.1, 0.15) is 13.3 Å². The van der Waals surface area contributed by atoms with Crippen molar-refractivity contribution < 1.29 is 31.5 Å². The zero-order valence-electron chi connectivity index (χ0n) is 18.0. The average Bonchev–Trinajstić information content (AvgIpc) is 3.05. The maximum atomic E-state index is 12.9. The zero-order valence-corrected chi connectivity index (χ0v) is 18.8. The van der Waals surface area contributed by atoms with E-state index in [-0.39, 0.29) is 11.8 Å². The molecule has 2 aliphatic rings. The van der Waals surface area contributed by atoms with E-state index in [0.717, 1.165) is 6.92 Å². The minimum absolute atomic E-state index is 0.0329. The van der Waals surface area contributed by atoms with Gasteiger partial charge in [-0.15, -0.1) is 0 Å². The molecule has 0 aromatic carbocycles. The third kappa shape index (κ3) is 5.46.